The second-order valence-corrected chi connectivity index (χ2v) is 8.51. The van der Waals surface area contributed by atoms with Crippen LogP contribution in [0.15, 0.2) is 44.9 Å². The molecule has 0 saturated heterocycles. The van der Waals surface area contributed by atoms with Crippen LogP contribution in [-0.4, -0.2) is 38.9 Å². The van der Waals surface area contributed by atoms with Gasteiger partial charge in [0.15, 0.2) is 0 Å². The van der Waals surface area contributed by atoms with Gasteiger partial charge < -0.3 is 10.1 Å². The molecule has 1 N–H and O–H groups in total. The van der Waals surface area contributed by atoms with Gasteiger partial charge in [-0.2, -0.15) is 0 Å². The Labute approximate surface area is 194 Å². The number of carbonyl (C=O) groups excluding carboxylic acids is 2. The van der Waals surface area contributed by atoms with Gasteiger partial charge in [0, 0.05) is 30.9 Å². The maximum atomic E-state index is 13.0. The summed E-state index contributed by atoms with van der Waals surface area (Å²) in [6.07, 6.45) is 4.27. The molecule has 0 aliphatic carbocycles. The molecule has 9 nitrogen and oxygen atoms in total. The van der Waals surface area contributed by atoms with Gasteiger partial charge in [-0.05, 0) is 42.7 Å². The first-order valence-electron chi connectivity index (χ1n) is 10.5. The van der Waals surface area contributed by atoms with Gasteiger partial charge in [-0.3, -0.25) is 18.7 Å². The number of carbonyl (C=O) groups is 2. The summed E-state index contributed by atoms with van der Waals surface area (Å²) in [5.41, 5.74) is 1.21. The van der Waals surface area contributed by atoms with Crippen LogP contribution >= 0.6 is 11.8 Å². The first kappa shape index (κ1) is 24.2. The van der Waals surface area contributed by atoms with Gasteiger partial charge in [-0.15, -0.1) is 11.8 Å². The third-order valence-electron chi connectivity index (χ3n) is 5.23. The van der Waals surface area contributed by atoms with Crippen molar-refractivity contribution < 1.29 is 14.3 Å². The summed E-state index contributed by atoms with van der Waals surface area (Å²) < 4.78 is 7.07. The molecular formula is C23H26N4O5S. The normalized spacial score (nSPS) is 10.9. The molecule has 174 valence electrons. The average Bonchev–Trinajstić information content (AvgIpc) is 2.83. The number of nitrogens with one attached hydrogen (secondary N) is 1. The summed E-state index contributed by atoms with van der Waals surface area (Å²) in [6, 6.07) is 6.37. The van der Waals surface area contributed by atoms with Crippen LogP contribution in [0, 0.1) is 0 Å². The molecule has 0 saturated carbocycles. The minimum absolute atomic E-state index is 0.0585. The molecule has 2 aromatic heterocycles. The second-order valence-electron chi connectivity index (χ2n) is 7.53. The van der Waals surface area contributed by atoms with E-state index in [1.807, 2.05) is 0 Å². The lowest BCUT2D eigenvalue weighted by atomic mass is 10.1. The van der Waals surface area contributed by atoms with Crippen LogP contribution in [0.5, 0.6) is 0 Å². The van der Waals surface area contributed by atoms with E-state index in [0.29, 0.717) is 33.6 Å². The van der Waals surface area contributed by atoms with Crippen LogP contribution in [0.25, 0.3) is 11.0 Å². The Morgan fingerprint density at radius 3 is 2.45 bits per heavy atom. The number of aromatic nitrogens is 3. The fourth-order valence-electron chi connectivity index (χ4n) is 3.39. The van der Waals surface area contributed by atoms with Crippen molar-refractivity contribution in [3.63, 3.8) is 0 Å². The Morgan fingerprint density at radius 1 is 1.12 bits per heavy atom. The highest BCUT2D eigenvalue weighted by Gasteiger charge is 2.18. The quantitative estimate of drug-likeness (QED) is 0.398. The van der Waals surface area contributed by atoms with Gasteiger partial charge in [0.05, 0.1) is 23.8 Å². The highest BCUT2D eigenvalue weighted by molar-refractivity contribution is 8.00. The minimum Gasteiger partial charge on any atom is -0.465 e. The van der Waals surface area contributed by atoms with Crippen molar-refractivity contribution in [2.75, 3.05) is 18.2 Å². The van der Waals surface area contributed by atoms with Gasteiger partial charge >= 0.3 is 11.7 Å². The number of esters is 1. The Balaban J connectivity index is 1.89. The van der Waals surface area contributed by atoms with E-state index in [-0.39, 0.29) is 11.7 Å². The van der Waals surface area contributed by atoms with Crippen molar-refractivity contribution in [3.05, 3.63) is 62.4 Å². The van der Waals surface area contributed by atoms with E-state index < -0.39 is 17.2 Å². The fourth-order valence-corrected chi connectivity index (χ4v) is 4.40. The third-order valence-corrected chi connectivity index (χ3v) is 6.39. The molecule has 2 heterocycles. The molecule has 0 unspecified atom stereocenters. The van der Waals surface area contributed by atoms with Crippen LogP contribution in [0.1, 0.15) is 35.7 Å². The first-order valence-corrected chi connectivity index (χ1v) is 11.5. The number of aryl methyl sites for hydroxylation is 2. The number of methoxy groups -OCH3 is 1. The Hall–Kier alpha value is -3.40. The number of nitrogens with zero attached hydrogens (tertiary/aromatic N) is 3. The predicted octanol–water partition coefficient (Wildman–Crippen LogP) is 2.49. The van der Waals surface area contributed by atoms with Crippen molar-refractivity contribution in [3.8, 4) is 0 Å². The summed E-state index contributed by atoms with van der Waals surface area (Å²) in [5.74, 6) is -0.661. The van der Waals surface area contributed by atoms with E-state index in [0.717, 1.165) is 23.0 Å². The molecule has 0 fully saturated rings. The SMILES string of the molecule is CCCCc1cnc2c(c1SCC(=O)Nc1ccc(C(=O)OC)cc1)c(=O)n(C)c(=O)n2C. The number of benzene rings is 1. The maximum Gasteiger partial charge on any atom is 0.337 e. The molecule has 1 amide bonds. The summed E-state index contributed by atoms with van der Waals surface area (Å²) in [4.78, 5) is 54.5. The van der Waals surface area contributed by atoms with Crippen molar-refractivity contribution in [2.45, 2.75) is 31.1 Å². The van der Waals surface area contributed by atoms with Crippen molar-refractivity contribution >= 4 is 40.4 Å². The molecule has 0 atom stereocenters. The van der Waals surface area contributed by atoms with Crippen molar-refractivity contribution in [1.82, 2.24) is 14.1 Å². The highest BCUT2D eigenvalue weighted by atomic mass is 32.2. The number of thioether (sulfide) groups is 1. The number of pyridine rings is 1. The van der Waals surface area contributed by atoms with Crippen LogP contribution in [0.2, 0.25) is 0 Å². The number of fused-ring (bicyclic) bond motifs is 1. The summed E-state index contributed by atoms with van der Waals surface area (Å²) in [7, 11) is 4.31. The van der Waals surface area contributed by atoms with Gasteiger partial charge in [-0.1, -0.05) is 13.3 Å². The van der Waals surface area contributed by atoms with E-state index in [1.165, 1.54) is 30.5 Å². The molecular weight excluding hydrogens is 444 g/mol. The number of hydrogen-bond acceptors (Lipinski definition) is 7. The molecule has 0 aliphatic heterocycles. The van der Waals surface area contributed by atoms with Crippen LogP contribution in [0.3, 0.4) is 0 Å². The summed E-state index contributed by atoms with van der Waals surface area (Å²) in [5, 5.41) is 3.13. The molecule has 10 heteroatoms. The zero-order valence-corrected chi connectivity index (χ0v) is 19.8. The number of anilines is 1. The van der Waals surface area contributed by atoms with Gasteiger partial charge in [0.25, 0.3) is 5.56 Å². The molecule has 0 spiro atoms. The van der Waals surface area contributed by atoms with Crippen LogP contribution < -0.4 is 16.6 Å². The number of hydrogen-bond donors (Lipinski definition) is 1. The van der Waals surface area contributed by atoms with Crippen LogP contribution in [-0.2, 0) is 30.0 Å². The van der Waals surface area contributed by atoms with E-state index in [4.69, 9.17) is 0 Å². The van der Waals surface area contributed by atoms with Crippen molar-refractivity contribution in [2.24, 2.45) is 14.1 Å². The molecule has 0 radical (unpaired) electrons. The highest BCUT2D eigenvalue weighted by Crippen LogP contribution is 2.29. The minimum atomic E-state index is -0.455. The first-order chi connectivity index (χ1) is 15.8. The lowest BCUT2D eigenvalue weighted by molar-refractivity contribution is -0.113. The number of amides is 1. The summed E-state index contributed by atoms with van der Waals surface area (Å²) >= 11 is 1.25. The topological polar surface area (TPSA) is 112 Å². The Kier molecular flexibility index (Phi) is 7.70. The predicted molar refractivity (Wildman–Crippen MR) is 128 cm³/mol. The zero-order chi connectivity index (χ0) is 24.1. The standard InChI is InChI=1S/C23H26N4O5S/c1-5-6-7-15-12-24-20-18(21(29)27(3)23(31)26(20)2)19(15)33-13-17(28)25-16-10-8-14(9-11-16)22(30)32-4/h8-12H,5-7,13H2,1-4H3,(H,25,28). The molecule has 1 aromatic carbocycles. The molecule has 33 heavy (non-hydrogen) atoms. The molecule has 0 bridgehead atoms. The largest absolute Gasteiger partial charge is 0.465 e. The van der Waals surface area contributed by atoms with Gasteiger partial charge in [0.1, 0.15) is 5.65 Å². The number of rotatable bonds is 8. The monoisotopic (exact) mass is 470 g/mol. The Bertz CT molecular complexity index is 1310. The maximum absolute atomic E-state index is 13.0. The van der Waals surface area contributed by atoms with E-state index in [9.17, 15) is 19.2 Å². The average molecular weight is 471 g/mol. The van der Waals surface area contributed by atoms with Gasteiger partial charge in [-0.25, -0.2) is 14.6 Å². The lowest BCUT2D eigenvalue weighted by Crippen LogP contribution is -2.37. The second kappa shape index (κ2) is 10.5. The number of unbranched alkanes of at least 4 members (excludes halogenated alkanes) is 1. The molecule has 0 aliphatic rings. The molecule has 3 aromatic rings. The lowest BCUT2D eigenvalue weighted by Gasteiger charge is -2.14. The van der Waals surface area contributed by atoms with Gasteiger partial charge in [0.2, 0.25) is 5.91 Å². The Morgan fingerprint density at radius 2 is 1.82 bits per heavy atom. The molecule has 3 rings (SSSR count). The third kappa shape index (κ3) is 5.16. The summed E-state index contributed by atoms with van der Waals surface area (Å²) in [6.45, 7) is 2.07. The van der Waals surface area contributed by atoms with E-state index in [2.05, 4.69) is 22.0 Å². The van der Waals surface area contributed by atoms with E-state index in [1.54, 1.807) is 37.5 Å². The smallest absolute Gasteiger partial charge is 0.337 e. The zero-order valence-electron chi connectivity index (χ0n) is 19.0. The fraction of sp³-hybridized carbons (Fsp3) is 0.348. The van der Waals surface area contributed by atoms with Crippen molar-refractivity contribution in [1.29, 1.82) is 0 Å². The number of ether oxygens (including phenoxy) is 1. The van der Waals surface area contributed by atoms with Crippen LogP contribution in [0.4, 0.5) is 5.69 Å². The van der Waals surface area contributed by atoms with E-state index >= 15 is 0 Å².